The molecule has 1 heterocycles. The van der Waals surface area contributed by atoms with Gasteiger partial charge < -0.3 is 14.9 Å². The summed E-state index contributed by atoms with van der Waals surface area (Å²) in [6.07, 6.45) is 9.52. The van der Waals surface area contributed by atoms with Crippen molar-refractivity contribution >= 4 is 5.78 Å². The fourth-order valence-corrected chi connectivity index (χ4v) is 2.16. The lowest BCUT2D eigenvalue weighted by molar-refractivity contribution is -0.140. The summed E-state index contributed by atoms with van der Waals surface area (Å²) in [6, 6.07) is 0. The number of hydrogen-bond donors (Lipinski definition) is 2. The molecule has 0 radical (unpaired) electrons. The smallest absolute Gasteiger partial charge is 0.190 e. The lowest BCUT2D eigenvalue weighted by Gasteiger charge is -2.36. The van der Waals surface area contributed by atoms with E-state index in [0.717, 1.165) is 5.57 Å². The molecule has 0 aromatic heterocycles. The van der Waals surface area contributed by atoms with Crippen LogP contribution in [0.15, 0.2) is 47.8 Å². The quantitative estimate of drug-likeness (QED) is 0.738. The molecule has 0 saturated carbocycles. The molecule has 0 aromatic rings. The van der Waals surface area contributed by atoms with Gasteiger partial charge in [-0.15, -0.1) is 0 Å². The topological polar surface area (TPSA) is 66.8 Å². The molecule has 2 N–H and O–H groups in total. The standard InChI is InChI=1S/C15H18O4/c1-3-4-5-6-11-7-10-8-13(16)15(2,18)14(17)12(10)9-19-11/h3-6,8-9,11,14,17-18H,7H2,1-2H3/b4-3-,6-5+/t11-,14-,15-/m1/s1. The molecule has 2 rings (SSSR count). The molecule has 4 nitrogen and oxygen atoms in total. The number of aliphatic hydroxyl groups excluding tert-OH is 1. The van der Waals surface area contributed by atoms with Gasteiger partial charge in [0.05, 0.1) is 6.26 Å². The minimum absolute atomic E-state index is 0.158. The summed E-state index contributed by atoms with van der Waals surface area (Å²) in [5.74, 6) is -0.467. The van der Waals surface area contributed by atoms with Crippen molar-refractivity contribution in [1.29, 1.82) is 0 Å². The number of carbonyl (C=O) groups excluding carboxylic acids is 1. The van der Waals surface area contributed by atoms with Crippen molar-refractivity contribution in [3.63, 3.8) is 0 Å². The van der Waals surface area contributed by atoms with Crippen LogP contribution in [0.5, 0.6) is 0 Å². The Morgan fingerprint density at radius 3 is 2.89 bits per heavy atom. The summed E-state index contributed by atoms with van der Waals surface area (Å²) >= 11 is 0. The third-order valence-electron chi connectivity index (χ3n) is 3.42. The second-order valence-electron chi connectivity index (χ2n) is 4.95. The van der Waals surface area contributed by atoms with Crippen molar-refractivity contribution in [2.24, 2.45) is 0 Å². The van der Waals surface area contributed by atoms with Crippen LogP contribution in [-0.2, 0) is 9.53 Å². The zero-order valence-electron chi connectivity index (χ0n) is 11.0. The van der Waals surface area contributed by atoms with Gasteiger partial charge in [0.25, 0.3) is 0 Å². The predicted octanol–water partition coefficient (Wildman–Crippen LogP) is 1.41. The molecule has 0 bridgehead atoms. The van der Waals surface area contributed by atoms with Crippen molar-refractivity contribution < 1.29 is 19.7 Å². The lowest BCUT2D eigenvalue weighted by atomic mass is 9.78. The molecule has 2 aliphatic rings. The van der Waals surface area contributed by atoms with Crippen molar-refractivity contribution in [1.82, 2.24) is 0 Å². The normalized spacial score (nSPS) is 35.1. The second-order valence-corrected chi connectivity index (χ2v) is 4.95. The Morgan fingerprint density at radius 1 is 1.47 bits per heavy atom. The SMILES string of the molecule is C/C=C\C=C\[C@@H]1CC2=CC(=O)[C@@](C)(O)[C@H](O)C2=CO1. The second kappa shape index (κ2) is 5.15. The first kappa shape index (κ1) is 13.8. The number of allylic oxidation sites excluding steroid dienone is 3. The van der Waals surface area contributed by atoms with Gasteiger partial charge in [-0.2, -0.15) is 0 Å². The minimum atomic E-state index is -1.77. The van der Waals surface area contributed by atoms with Gasteiger partial charge in [0.15, 0.2) is 11.4 Å². The molecule has 19 heavy (non-hydrogen) atoms. The number of ether oxygens (including phenoxy) is 1. The number of fused-ring (bicyclic) bond motifs is 1. The summed E-state index contributed by atoms with van der Waals surface area (Å²) in [4.78, 5) is 11.8. The van der Waals surface area contributed by atoms with E-state index in [2.05, 4.69) is 0 Å². The first-order valence-corrected chi connectivity index (χ1v) is 6.27. The Kier molecular flexibility index (Phi) is 3.73. The first-order chi connectivity index (χ1) is 8.96. The maximum absolute atomic E-state index is 11.8. The van der Waals surface area contributed by atoms with E-state index in [4.69, 9.17) is 4.74 Å². The van der Waals surface area contributed by atoms with Crippen LogP contribution in [0.1, 0.15) is 20.3 Å². The highest BCUT2D eigenvalue weighted by Crippen LogP contribution is 2.35. The molecule has 0 saturated heterocycles. The van der Waals surface area contributed by atoms with Gasteiger partial charge >= 0.3 is 0 Å². The van der Waals surface area contributed by atoms with E-state index in [9.17, 15) is 15.0 Å². The number of rotatable bonds is 2. The van der Waals surface area contributed by atoms with E-state index < -0.39 is 17.5 Å². The summed E-state index contributed by atoms with van der Waals surface area (Å²) in [6.45, 7) is 3.23. The van der Waals surface area contributed by atoms with E-state index in [-0.39, 0.29) is 6.10 Å². The van der Waals surface area contributed by atoms with E-state index in [1.165, 1.54) is 19.3 Å². The fraction of sp³-hybridized carbons (Fsp3) is 0.400. The Hall–Kier alpha value is -1.65. The summed E-state index contributed by atoms with van der Waals surface area (Å²) in [7, 11) is 0. The molecule has 0 amide bonds. The average molecular weight is 262 g/mol. The molecular formula is C15H18O4. The Balaban J connectivity index is 2.23. The van der Waals surface area contributed by atoms with Crippen LogP contribution in [0.4, 0.5) is 0 Å². The van der Waals surface area contributed by atoms with E-state index in [0.29, 0.717) is 12.0 Å². The van der Waals surface area contributed by atoms with Crippen LogP contribution in [0.25, 0.3) is 0 Å². The van der Waals surface area contributed by atoms with E-state index in [1.807, 2.05) is 31.2 Å². The molecule has 3 atom stereocenters. The molecular weight excluding hydrogens is 244 g/mol. The molecule has 1 aliphatic carbocycles. The van der Waals surface area contributed by atoms with Crippen molar-refractivity contribution in [3.05, 3.63) is 47.8 Å². The third kappa shape index (κ3) is 2.55. The number of carbonyl (C=O) groups is 1. The van der Waals surface area contributed by atoms with Crippen LogP contribution >= 0.6 is 0 Å². The highest BCUT2D eigenvalue weighted by Gasteiger charge is 2.45. The largest absolute Gasteiger partial charge is 0.493 e. The zero-order chi connectivity index (χ0) is 14.0. The minimum Gasteiger partial charge on any atom is -0.493 e. The van der Waals surface area contributed by atoms with Crippen LogP contribution in [0, 0.1) is 0 Å². The number of aliphatic hydroxyl groups is 2. The van der Waals surface area contributed by atoms with Gasteiger partial charge in [-0.3, -0.25) is 4.79 Å². The van der Waals surface area contributed by atoms with Gasteiger partial charge in [0.1, 0.15) is 12.2 Å². The van der Waals surface area contributed by atoms with Crippen molar-refractivity contribution in [2.45, 2.75) is 38.1 Å². The monoisotopic (exact) mass is 262 g/mol. The number of ketones is 1. The van der Waals surface area contributed by atoms with Crippen LogP contribution in [-0.4, -0.2) is 33.8 Å². The van der Waals surface area contributed by atoms with Crippen molar-refractivity contribution in [3.8, 4) is 0 Å². The van der Waals surface area contributed by atoms with Crippen LogP contribution in [0.2, 0.25) is 0 Å². The maximum Gasteiger partial charge on any atom is 0.190 e. The van der Waals surface area contributed by atoms with E-state index >= 15 is 0 Å². The lowest BCUT2D eigenvalue weighted by Crippen LogP contribution is -2.50. The van der Waals surface area contributed by atoms with Gasteiger partial charge in [-0.1, -0.05) is 18.2 Å². The van der Waals surface area contributed by atoms with Gasteiger partial charge in [-0.05, 0) is 31.6 Å². The van der Waals surface area contributed by atoms with Gasteiger partial charge in [-0.25, -0.2) is 0 Å². The van der Waals surface area contributed by atoms with Crippen LogP contribution < -0.4 is 0 Å². The molecule has 0 aromatic carbocycles. The first-order valence-electron chi connectivity index (χ1n) is 6.27. The summed E-state index contributed by atoms with van der Waals surface area (Å²) in [5, 5.41) is 19.9. The average Bonchev–Trinajstić information content (AvgIpc) is 2.37. The molecule has 1 aliphatic heterocycles. The zero-order valence-corrected chi connectivity index (χ0v) is 11.0. The van der Waals surface area contributed by atoms with Crippen molar-refractivity contribution in [2.75, 3.05) is 0 Å². The van der Waals surface area contributed by atoms with Crippen LogP contribution in [0.3, 0.4) is 0 Å². The third-order valence-corrected chi connectivity index (χ3v) is 3.42. The Labute approximate surface area is 112 Å². The van der Waals surface area contributed by atoms with E-state index in [1.54, 1.807) is 0 Å². The molecule has 0 fully saturated rings. The fourth-order valence-electron chi connectivity index (χ4n) is 2.16. The highest BCUT2D eigenvalue weighted by atomic mass is 16.5. The Morgan fingerprint density at radius 2 is 2.21 bits per heavy atom. The van der Waals surface area contributed by atoms with Gasteiger partial charge in [0.2, 0.25) is 0 Å². The molecule has 4 heteroatoms. The molecule has 102 valence electrons. The Bertz CT molecular complexity index is 494. The summed E-state index contributed by atoms with van der Waals surface area (Å²) < 4.78 is 5.49. The van der Waals surface area contributed by atoms with Gasteiger partial charge in [0, 0.05) is 12.0 Å². The summed E-state index contributed by atoms with van der Waals surface area (Å²) in [5.41, 5.74) is -0.558. The highest BCUT2D eigenvalue weighted by molar-refractivity contribution is 6.00. The number of hydrogen-bond acceptors (Lipinski definition) is 4. The molecule has 0 spiro atoms. The molecule has 0 unspecified atom stereocenters. The predicted molar refractivity (Wildman–Crippen MR) is 71.2 cm³/mol. The maximum atomic E-state index is 11.8.